The van der Waals surface area contributed by atoms with E-state index in [1.165, 1.54) is 45.2 Å². The number of allylic oxidation sites excluding steroid dienone is 1. The molecule has 0 spiro atoms. The van der Waals surface area contributed by atoms with Gasteiger partial charge in [-0.3, -0.25) is 4.90 Å². The first kappa shape index (κ1) is 9.22. The molecule has 74 valence electrons. The van der Waals surface area contributed by atoms with Crippen molar-refractivity contribution in [2.24, 2.45) is 5.73 Å². The van der Waals surface area contributed by atoms with Gasteiger partial charge in [-0.25, -0.2) is 0 Å². The molecule has 0 aromatic heterocycles. The first-order valence-corrected chi connectivity index (χ1v) is 5.50. The maximum absolute atomic E-state index is 5.87. The van der Waals surface area contributed by atoms with E-state index in [0.29, 0.717) is 6.04 Å². The SMILES string of the molecule is NC1CCN(CC2=CCCCC2)C1. The van der Waals surface area contributed by atoms with Gasteiger partial charge in [0, 0.05) is 25.7 Å². The predicted octanol–water partition coefficient (Wildman–Crippen LogP) is 1.52. The molecular weight excluding hydrogens is 160 g/mol. The highest BCUT2D eigenvalue weighted by Gasteiger charge is 2.19. The Morgan fingerprint density at radius 1 is 1.46 bits per heavy atom. The van der Waals surface area contributed by atoms with E-state index < -0.39 is 0 Å². The fraction of sp³-hybridized carbons (Fsp3) is 0.818. The molecule has 1 fully saturated rings. The van der Waals surface area contributed by atoms with Crippen molar-refractivity contribution in [3.05, 3.63) is 11.6 Å². The van der Waals surface area contributed by atoms with Gasteiger partial charge in [0.05, 0.1) is 0 Å². The van der Waals surface area contributed by atoms with Gasteiger partial charge in [0.25, 0.3) is 0 Å². The van der Waals surface area contributed by atoms with Gasteiger partial charge in [-0.2, -0.15) is 0 Å². The molecule has 2 N–H and O–H groups in total. The van der Waals surface area contributed by atoms with E-state index in [9.17, 15) is 0 Å². The third-order valence-corrected chi connectivity index (χ3v) is 3.12. The van der Waals surface area contributed by atoms with Crippen molar-refractivity contribution in [3.8, 4) is 0 Å². The van der Waals surface area contributed by atoms with E-state index in [1.54, 1.807) is 5.57 Å². The summed E-state index contributed by atoms with van der Waals surface area (Å²) in [6.07, 6.45) is 9.04. The summed E-state index contributed by atoms with van der Waals surface area (Å²) >= 11 is 0. The van der Waals surface area contributed by atoms with Crippen LogP contribution in [0.2, 0.25) is 0 Å². The van der Waals surface area contributed by atoms with Crippen LogP contribution in [-0.2, 0) is 0 Å². The summed E-state index contributed by atoms with van der Waals surface area (Å²) in [5.74, 6) is 0. The molecule has 1 atom stereocenters. The molecule has 0 bridgehead atoms. The summed E-state index contributed by atoms with van der Waals surface area (Å²) in [4.78, 5) is 2.50. The molecule has 1 unspecified atom stereocenters. The highest BCUT2D eigenvalue weighted by Crippen LogP contribution is 2.19. The first-order valence-electron chi connectivity index (χ1n) is 5.50. The first-order chi connectivity index (χ1) is 6.34. The molecule has 13 heavy (non-hydrogen) atoms. The lowest BCUT2D eigenvalue weighted by Gasteiger charge is -2.19. The fourth-order valence-corrected chi connectivity index (χ4v) is 2.34. The van der Waals surface area contributed by atoms with E-state index in [1.807, 2.05) is 0 Å². The van der Waals surface area contributed by atoms with Crippen molar-refractivity contribution in [2.75, 3.05) is 19.6 Å². The van der Waals surface area contributed by atoms with Crippen LogP contribution < -0.4 is 5.73 Å². The normalized spacial score (nSPS) is 30.5. The molecule has 0 amide bonds. The largest absolute Gasteiger partial charge is 0.326 e. The molecular formula is C11H20N2. The van der Waals surface area contributed by atoms with Gasteiger partial charge in [-0.05, 0) is 32.1 Å². The molecule has 1 saturated heterocycles. The average Bonchev–Trinajstić information content (AvgIpc) is 2.53. The van der Waals surface area contributed by atoms with Crippen LogP contribution in [0.15, 0.2) is 11.6 Å². The lowest BCUT2D eigenvalue weighted by atomic mass is 9.99. The summed E-state index contributed by atoms with van der Waals surface area (Å²) in [6, 6.07) is 0.434. The fourth-order valence-electron chi connectivity index (χ4n) is 2.34. The molecule has 0 aromatic rings. The molecule has 2 nitrogen and oxygen atoms in total. The van der Waals surface area contributed by atoms with Gasteiger partial charge in [0.2, 0.25) is 0 Å². The van der Waals surface area contributed by atoms with E-state index in [-0.39, 0.29) is 0 Å². The van der Waals surface area contributed by atoms with Crippen LogP contribution in [0.25, 0.3) is 0 Å². The standard InChI is InChI=1S/C11H20N2/c12-11-6-7-13(9-11)8-10-4-2-1-3-5-10/h4,11H,1-3,5-9,12H2. The van der Waals surface area contributed by atoms with Crippen molar-refractivity contribution in [1.82, 2.24) is 4.90 Å². The monoisotopic (exact) mass is 180 g/mol. The van der Waals surface area contributed by atoms with Gasteiger partial charge in [0.1, 0.15) is 0 Å². The quantitative estimate of drug-likeness (QED) is 0.653. The number of rotatable bonds is 2. The maximum atomic E-state index is 5.87. The van der Waals surface area contributed by atoms with Crippen LogP contribution in [0.3, 0.4) is 0 Å². The minimum absolute atomic E-state index is 0.434. The Morgan fingerprint density at radius 2 is 2.38 bits per heavy atom. The lowest BCUT2D eigenvalue weighted by Crippen LogP contribution is -2.28. The zero-order valence-corrected chi connectivity index (χ0v) is 8.34. The van der Waals surface area contributed by atoms with E-state index >= 15 is 0 Å². The van der Waals surface area contributed by atoms with Crippen LogP contribution in [0.1, 0.15) is 32.1 Å². The number of hydrogen-bond acceptors (Lipinski definition) is 2. The highest BCUT2D eigenvalue weighted by atomic mass is 15.2. The summed E-state index contributed by atoms with van der Waals surface area (Å²) in [6.45, 7) is 3.50. The number of nitrogens with zero attached hydrogens (tertiary/aromatic N) is 1. The molecule has 1 aliphatic carbocycles. The molecule has 1 heterocycles. The summed E-state index contributed by atoms with van der Waals surface area (Å²) in [5.41, 5.74) is 7.52. The number of nitrogens with two attached hydrogens (primary N) is 1. The molecule has 1 aliphatic heterocycles. The van der Waals surface area contributed by atoms with Crippen LogP contribution in [-0.4, -0.2) is 30.6 Å². The summed E-state index contributed by atoms with van der Waals surface area (Å²) in [5, 5.41) is 0. The van der Waals surface area contributed by atoms with Crippen LogP contribution in [0, 0.1) is 0 Å². The molecule has 2 aliphatic rings. The van der Waals surface area contributed by atoms with Gasteiger partial charge >= 0.3 is 0 Å². The number of likely N-dealkylation sites (tertiary alicyclic amines) is 1. The Bertz CT molecular complexity index is 198. The molecule has 2 heteroatoms. The van der Waals surface area contributed by atoms with Crippen molar-refractivity contribution >= 4 is 0 Å². The second kappa shape index (κ2) is 4.25. The molecule has 2 rings (SSSR count). The van der Waals surface area contributed by atoms with Gasteiger partial charge in [-0.15, -0.1) is 0 Å². The summed E-state index contributed by atoms with van der Waals surface area (Å²) < 4.78 is 0. The van der Waals surface area contributed by atoms with Crippen LogP contribution >= 0.6 is 0 Å². The third-order valence-electron chi connectivity index (χ3n) is 3.12. The van der Waals surface area contributed by atoms with Gasteiger partial charge < -0.3 is 5.73 Å². The zero-order valence-electron chi connectivity index (χ0n) is 8.34. The van der Waals surface area contributed by atoms with E-state index in [0.717, 1.165) is 6.54 Å². The smallest absolute Gasteiger partial charge is 0.0193 e. The van der Waals surface area contributed by atoms with Crippen LogP contribution in [0.5, 0.6) is 0 Å². The highest BCUT2D eigenvalue weighted by molar-refractivity contribution is 5.07. The van der Waals surface area contributed by atoms with Crippen molar-refractivity contribution in [1.29, 1.82) is 0 Å². The second-order valence-electron chi connectivity index (χ2n) is 4.39. The average molecular weight is 180 g/mol. The topological polar surface area (TPSA) is 29.3 Å². The minimum Gasteiger partial charge on any atom is -0.326 e. The van der Waals surface area contributed by atoms with Crippen LogP contribution in [0.4, 0.5) is 0 Å². The second-order valence-corrected chi connectivity index (χ2v) is 4.39. The Morgan fingerprint density at radius 3 is 3.00 bits per heavy atom. The van der Waals surface area contributed by atoms with Gasteiger partial charge in [-0.1, -0.05) is 11.6 Å². The molecule has 0 radical (unpaired) electrons. The molecule has 0 saturated carbocycles. The van der Waals surface area contributed by atoms with E-state index in [4.69, 9.17) is 5.73 Å². The third kappa shape index (κ3) is 2.55. The Balaban J connectivity index is 1.80. The Labute approximate surface area is 80.8 Å². The van der Waals surface area contributed by atoms with Crippen molar-refractivity contribution in [3.63, 3.8) is 0 Å². The van der Waals surface area contributed by atoms with E-state index in [2.05, 4.69) is 11.0 Å². The molecule has 0 aromatic carbocycles. The Kier molecular flexibility index (Phi) is 3.01. The summed E-state index contributed by atoms with van der Waals surface area (Å²) in [7, 11) is 0. The lowest BCUT2D eigenvalue weighted by molar-refractivity contribution is 0.356. The zero-order chi connectivity index (χ0) is 9.10. The Hall–Kier alpha value is -0.340. The maximum Gasteiger partial charge on any atom is 0.0193 e. The van der Waals surface area contributed by atoms with Crippen molar-refractivity contribution < 1.29 is 0 Å². The van der Waals surface area contributed by atoms with Crippen molar-refractivity contribution in [2.45, 2.75) is 38.1 Å². The number of hydrogen-bond donors (Lipinski definition) is 1. The van der Waals surface area contributed by atoms with Gasteiger partial charge in [0.15, 0.2) is 0 Å². The minimum atomic E-state index is 0.434. The predicted molar refractivity (Wildman–Crippen MR) is 55.6 cm³/mol.